The highest BCUT2D eigenvalue weighted by Crippen LogP contribution is 2.22. The Labute approximate surface area is 122 Å². The number of aromatic hydroxyl groups is 1. The van der Waals surface area contributed by atoms with Crippen LogP contribution >= 0.6 is 0 Å². The van der Waals surface area contributed by atoms with E-state index in [1.54, 1.807) is 26.8 Å². The summed E-state index contributed by atoms with van der Waals surface area (Å²) in [6, 6.07) is 1.62. The van der Waals surface area contributed by atoms with Crippen molar-refractivity contribution in [3.8, 4) is 5.75 Å². The summed E-state index contributed by atoms with van der Waals surface area (Å²) in [6.45, 7) is 5.62. The lowest BCUT2D eigenvalue weighted by molar-refractivity contribution is 0.0529. The lowest BCUT2D eigenvalue weighted by Crippen LogP contribution is -2.32. The van der Waals surface area contributed by atoms with Crippen LogP contribution in [0.3, 0.4) is 0 Å². The van der Waals surface area contributed by atoms with Crippen LogP contribution in [0.5, 0.6) is 5.75 Å². The summed E-state index contributed by atoms with van der Waals surface area (Å²) in [5, 5.41) is 12.0. The second kappa shape index (κ2) is 7.06. The van der Waals surface area contributed by atoms with Crippen LogP contribution in [-0.4, -0.2) is 23.3 Å². The van der Waals surface area contributed by atoms with Crippen molar-refractivity contribution in [3.63, 3.8) is 0 Å². The molecule has 1 aromatic carbocycles. The molecule has 4 nitrogen and oxygen atoms in total. The van der Waals surface area contributed by atoms with E-state index in [-0.39, 0.29) is 11.3 Å². The zero-order valence-corrected chi connectivity index (χ0v) is 12.2. The van der Waals surface area contributed by atoms with E-state index in [0.29, 0.717) is 19.0 Å². The fraction of sp³-hybridized carbons (Fsp3) is 0.400. The normalized spacial score (nSPS) is 11.7. The summed E-state index contributed by atoms with van der Waals surface area (Å²) >= 11 is 0. The third kappa shape index (κ3) is 6.25. The molecule has 0 saturated carbocycles. The van der Waals surface area contributed by atoms with Crippen molar-refractivity contribution in [2.24, 2.45) is 0 Å². The Morgan fingerprint density at radius 2 is 1.95 bits per heavy atom. The number of hydrogen-bond donors (Lipinski definition) is 2. The Hall–Kier alpha value is -2.11. The maximum absolute atomic E-state index is 13.0. The number of hydrogen-bond acceptors (Lipinski definition) is 3. The van der Waals surface area contributed by atoms with Gasteiger partial charge in [0.05, 0.1) is 0 Å². The van der Waals surface area contributed by atoms with Gasteiger partial charge in [-0.05, 0) is 33.3 Å². The zero-order valence-electron chi connectivity index (χ0n) is 12.2. The SMILES string of the molecule is CC(C)(C)OC(=O)NCCC=Cc1cc(F)c(F)cc1O. The maximum Gasteiger partial charge on any atom is 0.407 e. The topological polar surface area (TPSA) is 58.6 Å². The van der Waals surface area contributed by atoms with Crippen LogP contribution in [0.2, 0.25) is 0 Å². The van der Waals surface area contributed by atoms with Crippen molar-refractivity contribution < 1.29 is 23.4 Å². The van der Waals surface area contributed by atoms with Crippen LogP contribution in [-0.2, 0) is 4.74 Å². The molecule has 0 heterocycles. The first-order valence-corrected chi connectivity index (χ1v) is 6.50. The number of phenols is 1. The highest BCUT2D eigenvalue weighted by molar-refractivity contribution is 5.67. The van der Waals surface area contributed by atoms with Crippen molar-refractivity contribution in [2.45, 2.75) is 32.8 Å². The van der Waals surface area contributed by atoms with Crippen LogP contribution in [0, 0.1) is 11.6 Å². The number of benzene rings is 1. The largest absolute Gasteiger partial charge is 0.507 e. The first kappa shape index (κ1) is 16.9. The minimum Gasteiger partial charge on any atom is -0.507 e. The zero-order chi connectivity index (χ0) is 16.0. The van der Waals surface area contributed by atoms with Crippen LogP contribution in [0.1, 0.15) is 32.8 Å². The molecular weight excluding hydrogens is 280 g/mol. The van der Waals surface area contributed by atoms with Crippen molar-refractivity contribution >= 4 is 12.2 Å². The van der Waals surface area contributed by atoms with E-state index >= 15 is 0 Å². The molecule has 0 aliphatic heterocycles. The average molecular weight is 299 g/mol. The number of phenolic OH excluding ortho intramolecular Hbond substituents is 1. The number of halogens is 2. The van der Waals surface area contributed by atoms with Crippen molar-refractivity contribution in [3.05, 3.63) is 35.4 Å². The summed E-state index contributed by atoms with van der Waals surface area (Å²) in [7, 11) is 0. The van der Waals surface area contributed by atoms with Gasteiger partial charge in [0.15, 0.2) is 11.6 Å². The molecule has 0 bridgehead atoms. The van der Waals surface area contributed by atoms with Crippen LogP contribution in [0.15, 0.2) is 18.2 Å². The monoisotopic (exact) mass is 299 g/mol. The fourth-order valence-corrected chi connectivity index (χ4v) is 1.47. The molecule has 0 fully saturated rings. The third-order valence-electron chi connectivity index (χ3n) is 2.35. The van der Waals surface area contributed by atoms with Gasteiger partial charge in [0.2, 0.25) is 0 Å². The Bertz CT molecular complexity index is 536. The van der Waals surface area contributed by atoms with E-state index in [0.717, 1.165) is 6.07 Å². The molecule has 0 spiro atoms. The van der Waals surface area contributed by atoms with Gasteiger partial charge in [0.25, 0.3) is 0 Å². The molecule has 1 amide bonds. The lowest BCUT2D eigenvalue weighted by Gasteiger charge is -2.19. The summed E-state index contributed by atoms with van der Waals surface area (Å²) in [6.07, 6.45) is 3.02. The summed E-state index contributed by atoms with van der Waals surface area (Å²) in [5.41, 5.74) is -0.386. The quantitative estimate of drug-likeness (QED) is 0.835. The van der Waals surface area contributed by atoms with Crippen LogP contribution in [0.25, 0.3) is 6.08 Å². The highest BCUT2D eigenvalue weighted by atomic mass is 19.2. The first-order chi connectivity index (χ1) is 9.69. The average Bonchev–Trinajstić information content (AvgIpc) is 2.32. The van der Waals surface area contributed by atoms with Gasteiger partial charge < -0.3 is 15.2 Å². The number of rotatable bonds is 4. The molecule has 21 heavy (non-hydrogen) atoms. The van der Waals surface area contributed by atoms with Gasteiger partial charge in [-0.25, -0.2) is 13.6 Å². The van der Waals surface area contributed by atoms with E-state index in [1.807, 2.05) is 0 Å². The number of carbonyl (C=O) groups is 1. The van der Waals surface area contributed by atoms with Gasteiger partial charge in [-0.3, -0.25) is 0 Å². The fourth-order valence-electron chi connectivity index (χ4n) is 1.47. The van der Waals surface area contributed by atoms with E-state index in [9.17, 15) is 18.7 Å². The molecule has 116 valence electrons. The third-order valence-corrected chi connectivity index (χ3v) is 2.35. The number of nitrogens with one attached hydrogen (secondary N) is 1. The highest BCUT2D eigenvalue weighted by Gasteiger charge is 2.15. The van der Waals surface area contributed by atoms with Gasteiger partial charge >= 0.3 is 6.09 Å². The van der Waals surface area contributed by atoms with E-state index in [1.165, 1.54) is 6.08 Å². The summed E-state index contributed by atoms with van der Waals surface area (Å²) in [5.74, 6) is -2.47. The molecule has 0 radical (unpaired) electrons. The maximum atomic E-state index is 13.0. The smallest absolute Gasteiger partial charge is 0.407 e. The van der Waals surface area contributed by atoms with Crippen molar-refractivity contribution in [2.75, 3.05) is 6.54 Å². The standard InChI is InChI=1S/C15H19F2NO3/c1-15(2,3)21-14(20)18-7-5-4-6-10-8-11(16)12(17)9-13(10)19/h4,6,8-9,19H,5,7H2,1-3H3,(H,18,20). The van der Waals surface area contributed by atoms with Gasteiger partial charge in [-0.15, -0.1) is 0 Å². The molecule has 0 unspecified atom stereocenters. The summed E-state index contributed by atoms with van der Waals surface area (Å²) in [4.78, 5) is 11.3. The van der Waals surface area contributed by atoms with Crippen LogP contribution in [0.4, 0.5) is 13.6 Å². The second-order valence-corrected chi connectivity index (χ2v) is 5.44. The molecule has 0 aromatic heterocycles. The Kier molecular flexibility index (Phi) is 5.69. The Morgan fingerprint density at radius 3 is 2.57 bits per heavy atom. The predicted molar refractivity (Wildman–Crippen MR) is 75.9 cm³/mol. The van der Waals surface area contributed by atoms with Gasteiger partial charge in [-0.1, -0.05) is 12.2 Å². The summed E-state index contributed by atoms with van der Waals surface area (Å²) < 4.78 is 30.9. The molecule has 1 aromatic rings. The Morgan fingerprint density at radius 1 is 1.33 bits per heavy atom. The molecule has 2 N–H and O–H groups in total. The lowest BCUT2D eigenvalue weighted by atomic mass is 10.1. The van der Waals surface area contributed by atoms with E-state index < -0.39 is 23.3 Å². The Balaban J connectivity index is 2.43. The molecule has 6 heteroatoms. The number of amides is 1. The first-order valence-electron chi connectivity index (χ1n) is 6.50. The van der Waals surface area contributed by atoms with Crippen molar-refractivity contribution in [1.29, 1.82) is 0 Å². The molecule has 0 saturated heterocycles. The molecular formula is C15H19F2NO3. The van der Waals surface area contributed by atoms with Gasteiger partial charge in [0.1, 0.15) is 11.4 Å². The van der Waals surface area contributed by atoms with Gasteiger partial charge in [0, 0.05) is 18.2 Å². The molecule has 0 atom stereocenters. The van der Waals surface area contributed by atoms with E-state index in [4.69, 9.17) is 4.74 Å². The molecule has 0 aliphatic rings. The molecule has 1 rings (SSSR count). The van der Waals surface area contributed by atoms with Gasteiger partial charge in [-0.2, -0.15) is 0 Å². The van der Waals surface area contributed by atoms with Crippen molar-refractivity contribution in [1.82, 2.24) is 5.32 Å². The minimum absolute atomic E-state index is 0.172. The van der Waals surface area contributed by atoms with E-state index in [2.05, 4.69) is 5.32 Å². The molecule has 0 aliphatic carbocycles. The van der Waals surface area contributed by atoms with Crippen LogP contribution < -0.4 is 5.32 Å². The number of alkyl carbamates (subject to hydrolysis) is 1. The number of ether oxygens (including phenoxy) is 1. The predicted octanol–water partition coefficient (Wildman–Crippen LogP) is 3.60. The number of carbonyl (C=O) groups excluding carboxylic acids is 1. The second-order valence-electron chi connectivity index (χ2n) is 5.44. The minimum atomic E-state index is -1.10.